The molecule has 0 spiro atoms. The summed E-state index contributed by atoms with van der Waals surface area (Å²) in [5, 5.41) is 22.3. The van der Waals surface area contributed by atoms with Crippen molar-refractivity contribution in [1.82, 2.24) is 4.98 Å². The Morgan fingerprint density at radius 1 is 1.78 bits per heavy atom. The van der Waals surface area contributed by atoms with Gasteiger partial charge in [0.15, 0.2) is 0 Å². The van der Waals surface area contributed by atoms with Crippen LogP contribution in [0.1, 0.15) is 23.7 Å². The quantitative estimate of drug-likeness (QED) is 0.465. The van der Waals surface area contributed by atoms with E-state index in [1.165, 1.54) is 0 Å². The number of nitrogens with one attached hydrogen (secondary N) is 1. The van der Waals surface area contributed by atoms with Crippen molar-refractivity contribution in [2.75, 3.05) is 5.32 Å². The number of aromatic carboxylic acids is 1. The third-order valence-electron chi connectivity index (χ3n) is 2.12. The average Bonchev–Trinajstić information content (AvgIpc) is 2.29. The predicted octanol–water partition coefficient (Wildman–Crippen LogP) is 1.51. The van der Waals surface area contributed by atoms with Crippen molar-refractivity contribution in [3.63, 3.8) is 0 Å². The number of aromatic nitrogens is 1. The molecule has 7 heteroatoms. The van der Waals surface area contributed by atoms with Crippen LogP contribution in [0.2, 0.25) is 0 Å². The Kier molecular flexibility index (Phi) is 4.21. The Balaban J connectivity index is 3.08. The maximum absolute atomic E-state index is 11.0. The summed E-state index contributed by atoms with van der Waals surface area (Å²) in [6.07, 6.45) is 6.51. The molecule has 1 aromatic rings. The van der Waals surface area contributed by atoms with Crippen LogP contribution in [0.25, 0.3) is 0 Å². The average molecular weight is 249 g/mol. The van der Waals surface area contributed by atoms with Gasteiger partial charge in [0.2, 0.25) is 0 Å². The van der Waals surface area contributed by atoms with Crippen molar-refractivity contribution < 1.29 is 14.8 Å². The summed E-state index contributed by atoms with van der Waals surface area (Å²) in [7, 11) is 0. The summed E-state index contributed by atoms with van der Waals surface area (Å²) < 4.78 is 0. The van der Waals surface area contributed by atoms with E-state index in [0.29, 0.717) is 6.42 Å². The number of rotatable bonds is 5. The minimum Gasteiger partial charge on any atom is -0.478 e. The molecular weight excluding hydrogens is 238 g/mol. The lowest BCUT2D eigenvalue weighted by Gasteiger charge is -2.13. The smallest absolute Gasteiger partial charge is 0.339 e. The molecule has 0 aliphatic carbocycles. The molecule has 0 fully saturated rings. The van der Waals surface area contributed by atoms with Crippen LogP contribution >= 0.6 is 0 Å². The number of carboxylic acid groups (broad SMARTS) is 1. The van der Waals surface area contributed by atoms with Crippen LogP contribution in [0, 0.1) is 22.5 Å². The number of terminal acetylenes is 1. The van der Waals surface area contributed by atoms with Gasteiger partial charge in [-0.05, 0) is 6.92 Å². The van der Waals surface area contributed by atoms with Gasteiger partial charge in [0, 0.05) is 18.5 Å². The van der Waals surface area contributed by atoms with Gasteiger partial charge in [-0.2, -0.15) is 0 Å². The summed E-state index contributed by atoms with van der Waals surface area (Å²) in [6, 6.07) is 0.780. The third-order valence-corrected chi connectivity index (χ3v) is 2.12. The zero-order valence-electron chi connectivity index (χ0n) is 9.58. The molecule has 0 bridgehead atoms. The molecule has 94 valence electrons. The molecule has 1 atom stereocenters. The Morgan fingerprint density at radius 3 is 2.94 bits per heavy atom. The monoisotopic (exact) mass is 249 g/mol. The molecule has 2 N–H and O–H groups in total. The number of hydrogen-bond acceptors (Lipinski definition) is 5. The zero-order chi connectivity index (χ0) is 13.7. The highest BCUT2D eigenvalue weighted by Gasteiger charge is 2.18. The van der Waals surface area contributed by atoms with Crippen molar-refractivity contribution in [3.8, 4) is 12.3 Å². The fraction of sp³-hybridized carbons (Fsp3) is 0.273. The van der Waals surface area contributed by atoms with E-state index >= 15 is 0 Å². The number of hydrogen-bond donors (Lipinski definition) is 2. The minimum absolute atomic E-state index is 0.0656. The highest BCUT2D eigenvalue weighted by atomic mass is 16.6. The Labute approximate surface area is 103 Å². The molecule has 0 amide bonds. The summed E-state index contributed by atoms with van der Waals surface area (Å²) in [5.74, 6) is 1.20. The number of nitro groups is 1. The first-order valence-corrected chi connectivity index (χ1v) is 5.03. The van der Waals surface area contributed by atoms with E-state index in [1.807, 2.05) is 0 Å². The molecule has 1 aromatic heterocycles. The molecule has 0 saturated heterocycles. The van der Waals surface area contributed by atoms with Crippen LogP contribution in [0.3, 0.4) is 0 Å². The van der Waals surface area contributed by atoms with Crippen LogP contribution in [0.15, 0.2) is 12.3 Å². The highest BCUT2D eigenvalue weighted by molar-refractivity contribution is 5.93. The highest BCUT2D eigenvalue weighted by Crippen LogP contribution is 2.20. The normalized spacial score (nSPS) is 11.3. The molecule has 1 rings (SSSR count). The van der Waals surface area contributed by atoms with E-state index in [9.17, 15) is 14.9 Å². The fourth-order valence-electron chi connectivity index (χ4n) is 1.29. The van der Waals surface area contributed by atoms with Gasteiger partial charge < -0.3 is 10.4 Å². The zero-order valence-corrected chi connectivity index (χ0v) is 9.58. The van der Waals surface area contributed by atoms with Gasteiger partial charge in [0.1, 0.15) is 17.6 Å². The Hall–Kier alpha value is -2.62. The van der Waals surface area contributed by atoms with E-state index in [4.69, 9.17) is 11.5 Å². The molecule has 0 aliphatic heterocycles. The lowest BCUT2D eigenvalue weighted by molar-refractivity contribution is -0.385. The standard InChI is InChI=1S/C11H11N3O4/c1-3-4-7(2)13-10-9(11(15)16)5-8(6-12-10)14(17)18/h1,5-7H,4H2,2H3,(H,12,13)(H,15,16). The van der Waals surface area contributed by atoms with Crippen LogP contribution in [-0.2, 0) is 0 Å². The molecule has 0 aliphatic rings. The van der Waals surface area contributed by atoms with E-state index in [0.717, 1.165) is 12.3 Å². The second-order valence-corrected chi connectivity index (χ2v) is 3.61. The van der Waals surface area contributed by atoms with Gasteiger partial charge in [-0.1, -0.05) is 0 Å². The molecule has 1 heterocycles. The molecule has 0 radical (unpaired) electrons. The van der Waals surface area contributed by atoms with E-state index in [1.54, 1.807) is 6.92 Å². The van der Waals surface area contributed by atoms with Gasteiger partial charge in [-0.25, -0.2) is 9.78 Å². The van der Waals surface area contributed by atoms with Crippen LogP contribution in [0.4, 0.5) is 11.5 Å². The summed E-state index contributed by atoms with van der Waals surface area (Å²) in [5.41, 5.74) is -0.629. The number of pyridine rings is 1. The summed E-state index contributed by atoms with van der Waals surface area (Å²) in [4.78, 5) is 24.6. The molecule has 1 unspecified atom stereocenters. The molecular formula is C11H11N3O4. The number of anilines is 1. The Morgan fingerprint density at radius 2 is 2.44 bits per heavy atom. The number of carbonyl (C=O) groups is 1. The fourth-order valence-corrected chi connectivity index (χ4v) is 1.29. The number of carboxylic acids is 1. The van der Waals surface area contributed by atoms with Crippen molar-refractivity contribution >= 4 is 17.5 Å². The maximum Gasteiger partial charge on any atom is 0.339 e. The van der Waals surface area contributed by atoms with Crippen molar-refractivity contribution in [1.29, 1.82) is 0 Å². The van der Waals surface area contributed by atoms with Gasteiger partial charge in [0.05, 0.1) is 4.92 Å². The van der Waals surface area contributed by atoms with E-state index in [2.05, 4.69) is 16.2 Å². The van der Waals surface area contributed by atoms with Gasteiger partial charge in [0.25, 0.3) is 5.69 Å². The van der Waals surface area contributed by atoms with Crippen molar-refractivity contribution in [3.05, 3.63) is 27.9 Å². The summed E-state index contributed by atoms with van der Waals surface area (Å²) >= 11 is 0. The van der Waals surface area contributed by atoms with Crippen molar-refractivity contribution in [2.45, 2.75) is 19.4 Å². The maximum atomic E-state index is 11.0. The van der Waals surface area contributed by atoms with Crippen LogP contribution in [-0.4, -0.2) is 27.0 Å². The first-order valence-electron chi connectivity index (χ1n) is 5.03. The summed E-state index contributed by atoms with van der Waals surface area (Å²) in [6.45, 7) is 1.76. The van der Waals surface area contributed by atoms with Crippen LogP contribution in [0.5, 0.6) is 0 Å². The molecule has 7 nitrogen and oxygen atoms in total. The first kappa shape index (κ1) is 13.4. The Bertz CT molecular complexity index is 522. The van der Waals surface area contributed by atoms with Gasteiger partial charge in [-0.3, -0.25) is 10.1 Å². The lowest BCUT2D eigenvalue weighted by atomic mass is 10.2. The van der Waals surface area contributed by atoms with Gasteiger partial charge >= 0.3 is 5.97 Å². The molecule has 0 saturated carbocycles. The predicted molar refractivity (Wildman–Crippen MR) is 64.4 cm³/mol. The van der Waals surface area contributed by atoms with Gasteiger partial charge in [-0.15, -0.1) is 12.3 Å². The van der Waals surface area contributed by atoms with Crippen LogP contribution < -0.4 is 5.32 Å². The number of nitrogens with zero attached hydrogens (tertiary/aromatic N) is 2. The molecule has 0 aromatic carbocycles. The van der Waals surface area contributed by atoms with E-state index in [-0.39, 0.29) is 23.1 Å². The van der Waals surface area contributed by atoms with Crippen molar-refractivity contribution in [2.24, 2.45) is 0 Å². The minimum atomic E-state index is -1.29. The molecule has 18 heavy (non-hydrogen) atoms. The van der Waals surface area contributed by atoms with E-state index < -0.39 is 10.9 Å². The second kappa shape index (κ2) is 5.63. The third kappa shape index (κ3) is 3.18. The second-order valence-electron chi connectivity index (χ2n) is 3.61. The lowest BCUT2D eigenvalue weighted by Crippen LogP contribution is -2.18. The topological polar surface area (TPSA) is 105 Å². The SMILES string of the molecule is C#CCC(C)Nc1ncc([N+](=O)[O-])cc1C(=O)O. The first-order chi connectivity index (χ1) is 8.45. The largest absolute Gasteiger partial charge is 0.478 e.